The zero-order valence-electron chi connectivity index (χ0n) is 16.7. The molecule has 4 bridgehead atoms. The first-order valence-electron chi connectivity index (χ1n) is 10.5. The van der Waals surface area contributed by atoms with E-state index in [1.54, 1.807) is 18.3 Å². The van der Waals surface area contributed by atoms with E-state index in [9.17, 15) is 15.2 Å². The molecule has 0 saturated heterocycles. The van der Waals surface area contributed by atoms with Crippen LogP contribution < -0.4 is 0 Å². The lowest BCUT2D eigenvalue weighted by atomic mass is 9.46. The number of nitro groups is 1. The third-order valence-corrected chi connectivity index (χ3v) is 7.31. The predicted molar refractivity (Wildman–Crippen MR) is 113 cm³/mol. The van der Waals surface area contributed by atoms with Crippen molar-refractivity contribution in [1.82, 2.24) is 0 Å². The number of non-ortho nitro benzene ring substituents is 1. The summed E-state index contributed by atoms with van der Waals surface area (Å²) in [6, 6.07) is 13.0. The largest absolute Gasteiger partial charge is 0.390 e. The van der Waals surface area contributed by atoms with Gasteiger partial charge in [-0.05, 0) is 97.6 Å². The highest BCUT2D eigenvalue weighted by atomic mass is 16.6. The Morgan fingerprint density at radius 1 is 1.10 bits per heavy atom. The molecule has 150 valence electrons. The molecule has 0 amide bonds. The van der Waals surface area contributed by atoms with E-state index < -0.39 is 10.5 Å². The van der Waals surface area contributed by atoms with Gasteiger partial charge in [-0.1, -0.05) is 12.1 Å². The molecule has 0 aliphatic heterocycles. The smallest absolute Gasteiger partial charge is 0.269 e. The van der Waals surface area contributed by atoms with Gasteiger partial charge < -0.3 is 5.11 Å². The molecular formula is C24H26N2O3. The summed E-state index contributed by atoms with van der Waals surface area (Å²) in [6.45, 7) is 2.06. The first kappa shape index (κ1) is 18.5. The standard InChI is InChI=1S/C24H26N2O3/c1-16-2-5-20(23-10-18-8-19(11-23)13-24(27,12-18)15-23)9-22(16)25-14-17-3-6-21(7-4-17)26(28)29/h2-7,9,14,18-19,27H,8,10-13,15H2,1H3/t18-,19+,23?,24?. The molecule has 0 spiro atoms. The molecule has 29 heavy (non-hydrogen) atoms. The second kappa shape index (κ2) is 6.49. The van der Waals surface area contributed by atoms with E-state index in [0.717, 1.165) is 36.1 Å². The van der Waals surface area contributed by atoms with Gasteiger partial charge in [-0.25, -0.2) is 0 Å². The fourth-order valence-electron chi connectivity index (χ4n) is 6.46. The molecule has 4 aliphatic carbocycles. The lowest BCUT2D eigenvalue weighted by Crippen LogP contribution is -2.57. The monoisotopic (exact) mass is 390 g/mol. The Bertz CT molecular complexity index is 982. The Balaban J connectivity index is 1.44. The maximum Gasteiger partial charge on any atom is 0.269 e. The molecule has 5 heteroatoms. The van der Waals surface area contributed by atoms with Crippen molar-refractivity contribution in [3.63, 3.8) is 0 Å². The minimum atomic E-state index is -0.475. The lowest BCUT2D eigenvalue weighted by molar-refractivity contribution is -0.384. The summed E-state index contributed by atoms with van der Waals surface area (Å²) in [7, 11) is 0. The van der Waals surface area contributed by atoms with Crippen LogP contribution in [0.1, 0.15) is 55.2 Å². The van der Waals surface area contributed by atoms with Crippen LogP contribution in [0.4, 0.5) is 11.4 Å². The van der Waals surface area contributed by atoms with E-state index in [0.29, 0.717) is 11.8 Å². The minimum Gasteiger partial charge on any atom is -0.390 e. The number of aliphatic hydroxyl groups is 1. The average Bonchev–Trinajstić information content (AvgIpc) is 2.65. The van der Waals surface area contributed by atoms with Crippen LogP contribution in [-0.4, -0.2) is 21.8 Å². The van der Waals surface area contributed by atoms with E-state index in [2.05, 4.69) is 25.1 Å². The van der Waals surface area contributed by atoms with Gasteiger partial charge >= 0.3 is 0 Å². The van der Waals surface area contributed by atoms with Crippen LogP contribution in [0.25, 0.3) is 0 Å². The zero-order chi connectivity index (χ0) is 20.2. The summed E-state index contributed by atoms with van der Waals surface area (Å²) in [5.41, 5.74) is 3.89. The zero-order valence-corrected chi connectivity index (χ0v) is 16.7. The fraction of sp³-hybridized carbons (Fsp3) is 0.458. The van der Waals surface area contributed by atoms with Gasteiger partial charge in [-0.2, -0.15) is 0 Å². The first-order chi connectivity index (χ1) is 13.8. The Morgan fingerprint density at radius 3 is 2.41 bits per heavy atom. The normalized spacial score (nSPS) is 32.8. The maximum absolute atomic E-state index is 11.1. The van der Waals surface area contributed by atoms with Crippen LogP contribution in [0.3, 0.4) is 0 Å². The molecule has 4 saturated carbocycles. The van der Waals surface area contributed by atoms with E-state index in [4.69, 9.17) is 4.99 Å². The number of hydrogen-bond donors (Lipinski definition) is 1. The Hall–Kier alpha value is -2.53. The van der Waals surface area contributed by atoms with Gasteiger partial charge in [0.2, 0.25) is 0 Å². The molecular weight excluding hydrogens is 364 g/mol. The molecule has 0 radical (unpaired) electrons. The van der Waals surface area contributed by atoms with Gasteiger partial charge in [-0.15, -0.1) is 0 Å². The predicted octanol–water partition coefficient (Wildman–Crippen LogP) is 5.24. The Kier molecular flexibility index (Phi) is 4.14. The van der Waals surface area contributed by atoms with Crippen molar-refractivity contribution in [2.24, 2.45) is 16.8 Å². The molecule has 2 aromatic rings. The average molecular weight is 390 g/mol. The van der Waals surface area contributed by atoms with E-state index in [-0.39, 0.29) is 11.1 Å². The number of rotatable bonds is 4. The van der Waals surface area contributed by atoms with Gasteiger partial charge in [0, 0.05) is 18.3 Å². The molecule has 1 N–H and O–H groups in total. The second-order valence-electron chi connectivity index (χ2n) is 9.57. The third kappa shape index (κ3) is 3.27. The van der Waals surface area contributed by atoms with Crippen molar-refractivity contribution in [2.45, 2.75) is 56.5 Å². The van der Waals surface area contributed by atoms with Crippen LogP contribution >= 0.6 is 0 Å². The van der Waals surface area contributed by atoms with Crippen LogP contribution in [-0.2, 0) is 5.41 Å². The number of nitrogens with zero attached hydrogens (tertiary/aromatic N) is 2. The highest BCUT2D eigenvalue weighted by Gasteiger charge is 2.57. The lowest BCUT2D eigenvalue weighted by Gasteiger charge is -2.60. The summed E-state index contributed by atoms with van der Waals surface area (Å²) in [5.74, 6) is 1.30. The summed E-state index contributed by atoms with van der Waals surface area (Å²) in [5, 5.41) is 21.9. The van der Waals surface area contributed by atoms with E-state index in [1.807, 2.05) is 0 Å². The topological polar surface area (TPSA) is 75.7 Å². The quantitative estimate of drug-likeness (QED) is 0.441. The molecule has 5 nitrogen and oxygen atoms in total. The van der Waals surface area contributed by atoms with Crippen molar-refractivity contribution in [2.75, 3.05) is 0 Å². The highest BCUT2D eigenvalue weighted by molar-refractivity contribution is 5.82. The van der Waals surface area contributed by atoms with Gasteiger partial charge in [-0.3, -0.25) is 15.1 Å². The van der Waals surface area contributed by atoms with Crippen molar-refractivity contribution in [3.8, 4) is 0 Å². The summed E-state index contributed by atoms with van der Waals surface area (Å²) >= 11 is 0. The molecule has 0 aromatic heterocycles. The number of benzene rings is 2. The van der Waals surface area contributed by atoms with Crippen LogP contribution in [0.2, 0.25) is 0 Å². The second-order valence-corrected chi connectivity index (χ2v) is 9.57. The summed E-state index contributed by atoms with van der Waals surface area (Å²) < 4.78 is 0. The van der Waals surface area contributed by atoms with Gasteiger partial charge in [0.05, 0.1) is 16.2 Å². The number of nitro benzene ring substituents is 1. The summed E-state index contributed by atoms with van der Waals surface area (Å²) in [4.78, 5) is 15.1. The van der Waals surface area contributed by atoms with Crippen LogP contribution in [0.5, 0.6) is 0 Å². The Labute approximate surface area is 170 Å². The molecule has 2 aromatic carbocycles. The van der Waals surface area contributed by atoms with Crippen molar-refractivity contribution in [1.29, 1.82) is 0 Å². The van der Waals surface area contributed by atoms with Crippen molar-refractivity contribution in [3.05, 3.63) is 69.3 Å². The van der Waals surface area contributed by atoms with Gasteiger partial charge in [0.1, 0.15) is 0 Å². The SMILES string of the molecule is Cc1ccc(C23C[C@@H]4C[C@@H](CC(O)(C4)C2)C3)cc1N=Cc1ccc([N+](=O)[O-])cc1. The minimum absolute atomic E-state index is 0.0834. The Morgan fingerprint density at radius 2 is 1.79 bits per heavy atom. The van der Waals surface area contributed by atoms with E-state index in [1.165, 1.54) is 37.0 Å². The van der Waals surface area contributed by atoms with Crippen molar-refractivity contribution < 1.29 is 10.0 Å². The molecule has 6 rings (SSSR count). The van der Waals surface area contributed by atoms with Gasteiger partial charge in [0.15, 0.2) is 0 Å². The number of aryl methyl sites for hydroxylation is 1. The van der Waals surface area contributed by atoms with Gasteiger partial charge in [0.25, 0.3) is 5.69 Å². The van der Waals surface area contributed by atoms with E-state index >= 15 is 0 Å². The number of hydrogen-bond acceptors (Lipinski definition) is 4. The molecule has 4 aliphatic rings. The molecule has 0 heterocycles. The molecule has 4 fully saturated rings. The maximum atomic E-state index is 11.1. The number of aliphatic imine (C=N–C) groups is 1. The fourth-order valence-corrected chi connectivity index (χ4v) is 6.46. The van der Waals surface area contributed by atoms with Crippen LogP contribution in [0.15, 0.2) is 47.5 Å². The van der Waals surface area contributed by atoms with Crippen LogP contribution in [0, 0.1) is 28.9 Å². The molecule has 2 unspecified atom stereocenters. The highest BCUT2D eigenvalue weighted by Crippen LogP contribution is 2.62. The third-order valence-electron chi connectivity index (χ3n) is 7.31. The first-order valence-corrected chi connectivity index (χ1v) is 10.5. The molecule has 4 atom stereocenters. The van der Waals surface area contributed by atoms with Crippen molar-refractivity contribution >= 4 is 17.6 Å². The summed E-state index contributed by atoms with van der Waals surface area (Å²) in [6.07, 6.45) is 8.23.